The molecule has 0 unspecified atom stereocenters. The van der Waals surface area contributed by atoms with Gasteiger partial charge in [-0.3, -0.25) is 14.7 Å². The summed E-state index contributed by atoms with van der Waals surface area (Å²) in [6, 6.07) is 9.86. The molecule has 1 aromatic heterocycles. The van der Waals surface area contributed by atoms with Crippen molar-refractivity contribution in [3.8, 4) is 5.75 Å². The van der Waals surface area contributed by atoms with Crippen molar-refractivity contribution in [1.29, 1.82) is 0 Å². The van der Waals surface area contributed by atoms with Gasteiger partial charge in [0.25, 0.3) is 5.91 Å². The number of halogens is 1. The maximum Gasteiger partial charge on any atom is 0.251 e. The fourth-order valence-electron chi connectivity index (χ4n) is 3.77. The van der Waals surface area contributed by atoms with Crippen LogP contribution in [-0.2, 0) is 11.2 Å². The van der Waals surface area contributed by atoms with Gasteiger partial charge in [0.1, 0.15) is 11.9 Å². The molecule has 1 aromatic carbocycles. The SMILES string of the molecule is COCCNC(=O)c1ccc(OC2CCN([C@@H](C)Cc3ccc(C)cn3)CC2)c(Cl)c1. The van der Waals surface area contributed by atoms with Crippen LogP contribution in [0.5, 0.6) is 5.75 Å². The fourth-order valence-corrected chi connectivity index (χ4v) is 4.00. The van der Waals surface area contributed by atoms with Gasteiger partial charge >= 0.3 is 0 Å². The second-order valence-corrected chi connectivity index (χ2v) is 8.53. The summed E-state index contributed by atoms with van der Waals surface area (Å²) in [5.74, 6) is 0.460. The maximum absolute atomic E-state index is 12.1. The lowest BCUT2D eigenvalue weighted by Gasteiger charge is -2.36. The molecule has 6 nitrogen and oxygen atoms in total. The minimum absolute atomic E-state index is 0.125. The van der Waals surface area contributed by atoms with E-state index < -0.39 is 0 Å². The van der Waals surface area contributed by atoms with Crippen molar-refractivity contribution in [1.82, 2.24) is 15.2 Å². The van der Waals surface area contributed by atoms with E-state index in [9.17, 15) is 4.79 Å². The van der Waals surface area contributed by atoms with Crippen LogP contribution in [0.25, 0.3) is 0 Å². The molecule has 1 saturated heterocycles. The smallest absolute Gasteiger partial charge is 0.251 e. The predicted molar refractivity (Wildman–Crippen MR) is 123 cm³/mol. The van der Waals surface area contributed by atoms with Crippen LogP contribution in [0.3, 0.4) is 0 Å². The van der Waals surface area contributed by atoms with Crippen molar-refractivity contribution in [2.45, 2.75) is 45.3 Å². The Labute approximate surface area is 189 Å². The van der Waals surface area contributed by atoms with E-state index >= 15 is 0 Å². The number of benzene rings is 1. The van der Waals surface area contributed by atoms with Crippen LogP contribution in [0.2, 0.25) is 5.02 Å². The summed E-state index contributed by atoms with van der Waals surface area (Å²) in [6.07, 6.45) is 4.90. The molecule has 1 aliphatic heterocycles. The van der Waals surface area contributed by atoms with Crippen LogP contribution in [0.1, 0.15) is 41.4 Å². The number of ether oxygens (including phenoxy) is 2. The zero-order valence-corrected chi connectivity index (χ0v) is 19.3. The number of aryl methyl sites for hydroxylation is 1. The molecule has 0 spiro atoms. The van der Waals surface area contributed by atoms with Crippen molar-refractivity contribution in [2.24, 2.45) is 0 Å². The normalized spacial score (nSPS) is 16.1. The van der Waals surface area contributed by atoms with Crippen LogP contribution in [0.4, 0.5) is 0 Å². The summed E-state index contributed by atoms with van der Waals surface area (Å²) in [5, 5.41) is 3.25. The number of pyridine rings is 1. The molecular weight excluding hydrogens is 414 g/mol. The molecule has 7 heteroatoms. The maximum atomic E-state index is 12.1. The van der Waals surface area contributed by atoms with Gasteiger partial charge in [0, 0.05) is 56.7 Å². The number of piperidine rings is 1. The van der Waals surface area contributed by atoms with Gasteiger partial charge < -0.3 is 14.8 Å². The van der Waals surface area contributed by atoms with E-state index in [-0.39, 0.29) is 12.0 Å². The molecule has 1 fully saturated rings. The van der Waals surface area contributed by atoms with Gasteiger partial charge in [-0.25, -0.2) is 0 Å². The lowest BCUT2D eigenvalue weighted by Crippen LogP contribution is -2.43. The van der Waals surface area contributed by atoms with Crippen molar-refractivity contribution in [3.05, 3.63) is 58.4 Å². The molecule has 0 aliphatic carbocycles. The molecule has 3 rings (SSSR count). The van der Waals surface area contributed by atoms with Gasteiger partial charge in [-0.2, -0.15) is 0 Å². The first-order valence-corrected chi connectivity index (χ1v) is 11.2. The summed E-state index contributed by atoms with van der Waals surface area (Å²) in [6.45, 7) is 7.21. The minimum atomic E-state index is -0.170. The van der Waals surface area contributed by atoms with Crippen LogP contribution in [0.15, 0.2) is 36.5 Å². The summed E-state index contributed by atoms with van der Waals surface area (Å²) in [5.41, 5.74) is 2.84. The fraction of sp³-hybridized carbons (Fsp3) is 0.500. The van der Waals surface area contributed by atoms with Crippen LogP contribution >= 0.6 is 11.6 Å². The quantitative estimate of drug-likeness (QED) is 0.593. The monoisotopic (exact) mass is 445 g/mol. The summed E-state index contributed by atoms with van der Waals surface area (Å²) < 4.78 is 11.1. The third-order valence-electron chi connectivity index (χ3n) is 5.66. The number of methoxy groups -OCH3 is 1. The lowest BCUT2D eigenvalue weighted by molar-refractivity contribution is 0.0796. The highest BCUT2D eigenvalue weighted by Gasteiger charge is 2.25. The summed E-state index contributed by atoms with van der Waals surface area (Å²) >= 11 is 6.39. The first-order valence-electron chi connectivity index (χ1n) is 10.8. The predicted octanol–water partition coefficient (Wildman–Crippen LogP) is 3.89. The number of nitrogens with zero attached hydrogens (tertiary/aromatic N) is 2. The molecule has 0 bridgehead atoms. The van der Waals surface area contributed by atoms with Gasteiger partial charge in [0.15, 0.2) is 0 Å². The van der Waals surface area contributed by atoms with Crippen molar-refractivity contribution in [3.63, 3.8) is 0 Å². The average molecular weight is 446 g/mol. The van der Waals surface area contributed by atoms with E-state index in [0.717, 1.165) is 38.0 Å². The Hall–Kier alpha value is -2.15. The molecule has 31 heavy (non-hydrogen) atoms. The molecule has 0 radical (unpaired) electrons. The first kappa shape index (κ1) is 23.5. The van der Waals surface area contributed by atoms with E-state index in [0.29, 0.717) is 35.5 Å². The summed E-state index contributed by atoms with van der Waals surface area (Å²) in [7, 11) is 1.60. The zero-order chi connectivity index (χ0) is 22.2. The number of hydrogen-bond donors (Lipinski definition) is 1. The number of aromatic nitrogens is 1. The summed E-state index contributed by atoms with van der Waals surface area (Å²) in [4.78, 5) is 19.2. The average Bonchev–Trinajstić information content (AvgIpc) is 2.77. The van der Waals surface area contributed by atoms with Crippen molar-refractivity contribution >= 4 is 17.5 Å². The number of amides is 1. The van der Waals surface area contributed by atoms with Crippen molar-refractivity contribution in [2.75, 3.05) is 33.4 Å². The molecule has 168 valence electrons. The Balaban J connectivity index is 1.47. The Kier molecular flexibility index (Phi) is 8.69. The van der Waals surface area contributed by atoms with Crippen LogP contribution in [0, 0.1) is 6.92 Å². The molecule has 1 atom stereocenters. The van der Waals surface area contributed by atoms with Gasteiger partial charge in [0.2, 0.25) is 0 Å². The number of likely N-dealkylation sites (tertiary alicyclic amines) is 1. The zero-order valence-electron chi connectivity index (χ0n) is 18.6. The van der Waals surface area contributed by atoms with Gasteiger partial charge in [0.05, 0.1) is 11.6 Å². The minimum Gasteiger partial charge on any atom is -0.489 e. The number of nitrogens with one attached hydrogen (secondary N) is 1. The Morgan fingerprint density at radius 3 is 2.71 bits per heavy atom. The van der Waals surface area contributed by atoms with E-state index in [2.05, 4.69) is 41.2 Å². The largest absolute Gasteiger partial charge is 0.489 e. The third kappa shape index (κ3) is 6.92. The van der Waals surface area contributed by atoms with Crippen molar-refractivity contribution < 1.29 is 14.3 Å². The number of carbonyl (C=O) groups is 1. The van der Waals surface area contributed by atoms with E-state index in [1.165, 1.54) is 5.56 Å². The topological polar surface area (TPSA) is 63.7 Å². The van der Waals surface area contributed by atoms with Gasteiger partial charge in [-0.05, 0) is 56.5 Å². The van der Waals surface area contributed by atoms with Crippen LogP contribution < -0.4 is 10.1 Å². The molecule has 2 heterocycles. The number of rotatable bonds is 9. The Morgan fingerprint density at radius 2 is 2.06 bits per heavy atom. The third-order valence-corrected chi connectivity index (χ3v) is 5.95. The molecule has 1 amide bonds. The Morgan fingerprint density at radius 1 is 1.29 bits per heavy atom. The Bertz CT molecular complexity index is 852. The second-order valence-electron chi connectivity index (χ2n) is 8.13. The highest BCUT2D eigenvalue weighted by Crippen LogP contribution is 2.29. The number of hydrogen-bond acceptors (Lipinski definition) is 5. The molecule has 2 aromatic rings. The first-order chi connectivity index (χ1) is 15.0. The highest BCUT2D eigenvalue weighted by molar-refractivity contribution is 6.32. The number of carbonyl (C=O) groups excluding carboxylic acids is 1. The molecule has 1 aliphatic rings. The van der Waals surface area contributed by atoms with Gasteiger partial charge in [-0.1, -0.05) is 17.7 Å². The molecule has 1 N–H and O–H groups in total. The van der Waals surface area contributed by atoms with Crippen LogP contribution in [-0.4, -0.2) is 61.3 Å². The van der Waals surface area contributed by atoms with E-state index in [1.807, 2.05) is 6.20 Å². The van der Waals surface area contributed by atoms with E-state index in [1.54, 1.807) is 25.3 Å². The van der Waals surface area contributed by atoms with E-state index in [4.69, 9.17) is 21.1 Å². The lowest BCUT2D eigenvalue weighted by atomic mass is 10.0. The second kappa shape index (κ2) is 11.5. The highest BCUT2D eigenvalue weighted by atomic mass is 35.5. The molecule has 0 saturated carbocycles. The molecular formula is C24H32ClN3O3. The standard InChI is InChI=1S/C24H32ClN3O3/c1-17-4-6-20(27-16-17)14-18(2)28-11-8-21(9-12-28)31-23-7-5-19(15-22(23)25)24(29)26-10-13-30-3/h4-7,15-16,18,21H,8-14H2,1-3H3,(H,26,29)/t18-/m0/s1. The van der Waals surface area contributed by atoms with Gasteiger partial charge in [-0.15, -0.1) is 0 Å².